The van der Waals surface area contributed by atoms with Crippen LogP contribution in [0.1, 0.15) is 38.2 Å². The predicted molar refractivity (Wildman–Crippen MR) is 82.9 cm³/mol. The Labute approximate surface area is 130 Å². The lowest BCUT2D eigenvalue weighted by Crippen LogP contribution is -2.49. The zero-order valence-electron chi connectivity index (χ0n) is 12.3. The monoisotopic (exact) mass is 308 g/mol. The van der Waals surface area contributed by atoms with E-state index in [9.17, 15) is 9.59 Å². The summed E-state index contributed by atoms with van der Waals surface area (Å²) in [4.78, 5) is 26.0. The molecule has 1 aliphatic rings. The molecule has 0 spiro atoms. The van der Waals surface area contributed by atoms with E-state index in [2.05, 4.69) is 12.2 Å². The van der Waals surface area contributed by atoms with Crippen molar-refractivity contribution in [2.45, 2.75) is 45.2 Å². The van der Waals surface area contributed by atoms with E-state index in [1.165, 1.54) is 0 Å². The molecule has 0 aromatic heterocycles. The van der Waals surface area contributed by atoms with Crippen LogP contribution in [0.2, 0.25) is 5.02 Å². The molecule has 2 amide bonds. The molecule has 1 saturated heterocycles. The highest BCUT2D eigenvalue weighted by Gasteiger charge is 2.29. The standard InChI is InChI=1S/C16H21ClN2O2/c1-2-14-5-3-4-10-19(14)16(21)15(20)18-11-12-6-8-13(17)9-7-12/h6-9,14H,2-5,10-11H2,1H3,(H,18,20). The number of benzene rings is 1. The lowest BCUT2D eigenvalue weighted by molar-refractivity contribution is -0.148. The van der Waals surface area contributed by atoms with E-state index in [0.29, 0.717) is 18.1 Å². The van der Waals surface area contributed by atoms with Crippen LogP contribution in [-0.4, -0.2) is 29.3 Å². The molecule has 4 nitrogen and oxygen atoms in total. The first-order valence-corrected chi connectivity index (χ1v) is 7.83. The largest absolute Gasteiger partial charge is 0.344 e. The van der Waals surface area contributed by atoms with Gasteiger partial charge in [-0.1, -0.05) is 30.7 Å². The summed E-state index contributed by atoms with van der Waals surface area (Å²) >= 11 is 5.81. The van der Waals surface area contributed by atoms with Crippen LogP contribution >= 0.6 is 11.6 Å². The number of nitrogens with zero attached hydrogens (tertiary/aromatic N) is 1. The first kappa shape index (κ1) is 15.8. The van der Waals surface area contributed by atoms with Gasteiger partial charge in [0.1, 0.15) is 0 Å². The predicted octanol–water partition coefficient (Wildman–Crippen LogP) is 2.75. The second kappa shape index (κ2) is 7.46. The number of piperidine rings is 1. The number of hydrogen-bond acceptors (Lipinski definition) is 2. The van der Waals surface area contributed by atoms with Crippen LogP contribution in [0.25, 0.3) is 0 Å². The Morgan fingerprint density at radius 1 is 1.29 bits per heavy atom. The smallest absolute Gasteiger partial charge is 0.312 e. The SMILES string of the molecule is CCC1CCCCN1C(=O)C(=O)NCc1ccc(Cl)cc1. The lowest BCUT2D eigenvalue weighted by atomic mass is 10.00. The maximum absolute atomic E-state index is 12.2. The molecule has 1 atom stereocenters. The molecule has 1 aromatic carbocycles. The Bertz CT molecular complexity index is 502. The van der Waals surface area contributed by atoms with E-state index in [4.69, 9.17) is 11.6 Å². The zero-order valence-corrected chi connectivity index (χ0v) is 13.0. The van der Waals surface area contributed by atoms with Gasteiger partial charge in [0.15, 0.2) is 0 Å². The van der Waals surface area contributed by atoms with Gasteiger partial charge in [-0.25, -0.2) is 0 Å². The number of carbonyl (C=O) groups is 2. The molecule has 114 valence electrons. The van der Waals surface area contributed by atoms with Crippen molar-refractivity contribution in [3.05, 3.63) is 34.9 Å². The van der Waals surface area contributed by atoms with Crippen LogP contribution in [-0.2, 0) is 16.1 Å². The van der Waals surface area contributed by atoms with Crippen molar-refractivity contribution in [1.29, 1.82) is 0 Å². The van der Waals surface area contributed by atoms with Gasteiger partial charge in [0.05, 0.1) is 0 Å². The summed E-state index contributed by atoms with van der Waals surface area (Å²) < 4.78 is 0. The third-order valence-electron chi connectivity index (χ3n) is 3.92. The molecule has 1 heterocycles. The second-order valence-electron chi connectivity index (χ2n) is 5.37. The van der Waals surface area contributed by atoms with Gasteiger partial charge in [-0.3, -0.25) is 9.59 Å². The van der Waals surface area contributed by atoms with Crippen LogP contribution < -0.4 is 5.32 Å². The van der Waals surface area contributed by atoms with Crippen molar-refractivity contribution in [1.82, 2.24) is 10.2 Å². The van der Waals surface area contributed by atoms with E-state index in [0.717, 1.165) is 31.2 Å². The summed E-state index contributed by atoms with van der Waals surface area (Å²) in [7, 11) is 0. The third kappa shape index (κ3) is 4.21. The molecule has 0 bridgehead atoms. The highest BCUT2D eigenvalue weighted by molar-refractivity contribution is 6.35. The van der Waals surface area contributed by atoms with Gasteiger partial charge in [-0.05, 0) is 43.4 Å². The van der Waals surface area contributed by atoms with Crippen LogP contribution in [0.4, 0.5) is 0 Å². The Morgan fingerprint density at radius 3 is 2.67 bits per heavy atom. The van der Waals surface area contributed by atoms with Gasteiger partial charge in [0.25, 0.3) is 0 Å². The Morgan fingerprint density at radius 2 is 2.00 bits per heavy atom. The van der Waals surface area contributed by atoms with E-state index >= 15 is 0 Å². The second-order valence-corrected chi connectivity index (χ2v) is 5.80. The Hall–Kier alpha value is -1.55. The quantitative estimate of drug-likeness (QED) is 0.873. The normalized spacial score (nSPS) is 18.4. The van der Waals surface area contributed by atoms with Crippen molar-refractivity contribution in [3.8, 4) is 0 Å². The van der Waals surface area contributed by atoms with Gasteiger partial charge >= 0.3 is 11.8 Å². The summed E-state index contributed by atoms with van der Waals surface area (Å²) in [5.41, 5.74) is 0.922. The number of nitrogens with one attached hydrogen (secondary N) is 1. The number of likely N-dealkylation sites (tertiary alicyclic amines) is 1. The molecule has 1 N–H and O–H groups in total. The van der Waals surface area contributed by atoms with Crippen LogP contribution in [0.3, 0.4) is 0 Å². The molecule has 5 heteroatoms. The fourth-order valence-corrected chi connectivity index (χ4v) is 2.81. The highest BCUT2D eigenvalue weighted by atomic mass is 35.5. The summed E-state index contributed by atoms with van der Waals surface area (Å²) in [6.45, 7) is 3.08. The van der Waals surface area contributed by atoms with Crippen molar-refractivity contribution in [2.75, 3.05) is 6.54 Å². The number of amides is 2. The molecule has 0 aliphatic carbocycles. The lowest BCUT2D eigenvalue weighted by Gasteiger charge is -2.34. The summed E-state index contributed by atoms with van der Waals surface area (Å²) in [6, 6.07) is 7.41. The van der Waals surface area contributed by atoms with Gasteiger partial charge in [0.2, 0.25) is 0 Å². The van der Waals surface area contributed by atoms with Crippen molar-refractivity contribution >= 4 is 23.4 Å². The fourth-order valence-electron chi connectivity index (χ4n) is 2.68. The maximum Gasteiger partial charge on any atom is 0.312 e. The molecule has 1 unspecified atom stereocenters. The molecule has 0 radical (unpaired) electrons. The third-order valence-corrected chi connectivity index (χ3v) is 4.17. The van der Waals surface area contributed by atoms with Crippen LogP contribution in [0, 0.1) is 0 Å². The van der Waals surface area contributed by atoms with Gasteiger partial charge in [-0.15, -0.1) is 0 Å². The van der Waals surface area contributed by atoms with Gasteiger partial charge in [-0.2, -0.15) is 0 Å². The molecular formula is C16H21ClN2O2. The average Bonchev–Trinajstić information content (AvgIpc) is 2.53. The molecule has 2 rings (SSSR count). The molecule has 1 aliphatic heterocycles. The first-order chi connectivity index (χ1) is 10.1. The topological polar surface area (TPSA) is 49.4 Å². The molecule has 1 aromatic rings. The highest BCUT2D eigenvalue weighted by Crippen LogP contribution is 2.19. The summed E-state index contributed by atoms with van der Waals surface area (Å²) in [5, 5.41) is 3.34. The van der Waals surface area contributed by atoms with E-state index in [1.54, 1.807) is 17.0 Å². The van der Waals surface area contributed by atoms with Crippen molar-refractivity contribution in [2.24, 2.45) is 0 Å². The van der Waals surface area contributed by atoms with Crippen LogP contribution in [0.5, 0.6) is 0 Å². The molecule has 21 heavy (non-hydrogen) atoms. The molecule has 1 fully saturated rings. The summed E-state index contributed by atoms with van der Waals surface area (Å²) in [5.74, 6) is -0.930. The van der Waals surface area contributed by atoms with Gasteiger partial charge < -0.3 is 10.2 Å². The minimum Gasteiger partial charge on any atom is -0.344 e. The summed E-state index contributed by atoms with van der Waals surface area (Å²) in [6.07, 6.45) is 4.00. The van der Waals surface area contributed by atoms with E-state index < -0.39 is 11.8 Å². The Kier molecular flexibility index (Phi) is 5.62. The number of halogens is 1. The zero-order chi connectivity index (χ0) is 15.2. The number of carbonyl (C=O) groups excluding carboxylic acids is 2. The minimum atomic E-state index is -0.523. The number of hydrogen-bond donors (Lipinski definition) is 1. The molecular weight excluding hydrogens is 288 g/mol. The minimum absolute atomic E-state index is 0.201. The average molecular weight is 309 g/mol. The van der Waals surface area contributed by atoms with Gasteiger partial charge in [0, 0.05) is 24.2 Å². The number of rotatable bonds is 3. The fraction of sp³-hybridized carbons (Fsp3) is 0.500. The molecule has 0 saturated carbocycles. The van der Waals surface area contributed by atoms with E-state index in [1.807, 2.05) is 12.1 Å². The Balaban J connectivity index is 1.90. The van der Waals surface area contributed by atoms with Crippen molar-refractivity contribution < 1.29 is 9.59 Å². The van der Waals surface area contributed by atoms with Crippen LogP contribution in [0.15, 0.2) is 24.3 Å². The maximum atomic E-state index is 12.2. The van der Waals surface area contributed by atoms with Crippen molar-refractivity contribution in [3.63, 3.8) is 0 Å². The first-order valence-electron chi connectivity index (χ1n) is 7.45. The van der Waals surface area contributed by atoms with E-state index in [-0.39, 0.29) is 6.04 Å².